The van der Waals surface area contributed by atoms with Crippen LogP contribution in [0.15, 0.2) is 77.5 Å². The SMILES string of the molecule is COc1ccc(/C=N\NC(=O)/C(=C/c2ccc3c(c2)OCO3)NC(=O)c2ccccc2)cc1Cl. The fraction of sp³-hybridized carbons (Fsp3) is 0.0800. The molecule has 34 heavy (non-hydrogen) atoms. The molecule has 3 aromatic carbocycles. The van der Waals surface area contributed by atoms with Crippen molar-refractivity contribution in [2.45, 2.75) is 0 Å². The molecule has 2 N–H and O–H groups in total. The summed E-state index contributed by atoms with van der Waals surface area (Å²) in [6.07, 6.45) is 2.96. The lowest BCUT2D eigenvalue weighted by Crippen LogP contribution is -2.32. The van der Waals surface area contributed by atoms with Crippen LogP contribution in [0, 0.1) is 0 Å². The predicted octanol–water partition coefficient (Wildman–Crippen LogP) is 4.00. The molecule has 8 nitrogen and oxygen atoms in total. The Hall–Kier alpha value is -4.30. The Labute approximate surface area is 200 Å². The predicted molar refractivity (Wildman–Crippen MR) is 128 cm³/mol. The molecule has 0 spiro atoms. The molecule has 0 saturated carbocycles. The van der Waals surface area contributed by atoms with E-state index in [1.807, 2.05) is 0 Å². The highest BCUT2D eigenvalue weighted by atomic mass is 35.5. The normalized spacial score (nSPS) is 12.5. The van der Waals surface area contributed by atoms with Crippen molar-refractivity contribution in [1.29, 1.82) is 0 Å². The monoisotopic (exact) mass is 477 g/mol. The van der Waals surface area contributed by atoms with Crippen LogP contribution in [-0.4, -0.2) is 31.9 Å². The van der Waals surface area contributed by atoms with Crippen LogP contribution in [0.25, 0.3) is 6.08 Å². The molecule has 0 aliphatic carbocycles. The highest BCUT2D eigenvalue weighted by Crippen LogP contribution is 2.33. The van der Waals surface area contributed by atoms with E-state index in [0.717, 1.165) is 0 Å². The fourth-order valence-corrected chi connectivity index (χ4v) is 3.37. The summed E-state index contributed by atoms with van der Waals surface area (Å²) in [5, 5.41) is 7.04. The van der Waals surface area contributed by atoms with Gasteiger partial charge in [-0.3, -0.25) is 9.59 Å². The van der Waals surface area contributed by atoms with Gasteiger partial charge in [-0.25, -0.2) is 5.43 Å². The minimum absolute atomic E-state index is 0.00219. The second kappa shape index (κ2) is 10.5. The molecule has 172 valence electrons. The lowest BCUT2D eigenvalue weighted by Gasteiger charge is -2.09. The summed E-state index contributed by atoms with van der Waals surface area (Å²) in [4.78, 5) is 25.6. The standard InChI is InChI=1S/C25H20ClN3O5/c1-32-21-9-8-17(11-19(21)26)14-27-29-25(31)20(28-24(30)18-5-3-2-4-6-18)12-16-7-10-22-23(13-16)34-15-33-22/h2-14H,15H2,1H3,(H,28,30)(H,29,31)/b20-12-,27-14-. The first-order valence-electron chi connectivity index (χ1n) is 10.2. The maximum atomic E-state index is 12.9. The molecule has 0 bridgehead atoms. The molecule has 0 saturated heterocycles. The number of benzene rings is 3. The van der Waals surface area contributed by atoms with Gasteiger partial charge in [0.1, 0.15) is 11.4 Å². The quantitative estimate of drug-likeness (QED) is 0.304. The van der Waals surface area contributed by atoms with Gasteiger partial charge in [0, 0.05) is 5.56 Å². The average molecular weight is 478 g/mol. The van der Waals surface area contributed by atoms with Gasteiger partial charge >= 0.3 is 0 Å². The molecular weight excluding hydrogens is 458 g/mol. The molecule has 0 atom stereocenters. The van der Waals surface area contributed by atoms with Gasteiger partial charge < -0.3 is 19.5 Å². The molecule has 1 aliphatic heterocycles. The van der Waals surface area contributed by atoms with E-state index in [0.29, 0.717) is 39.0 Å². The van der Waals surface area contributed by atoms with E-state index in [1.54, 1.807) is 66.7 Å². The van der Waals surface area contributed by atoms with Crippen molar-refractivity contribution < 1.29 is 23.8 Å². The Morgan fingerprint density at radius 3 is 2.53 bits per heavy atom. The highest BCUT2D eigenvalue weighted by molar-refractivity contribution is 6.32. The Balaban J connectivity index is 1.54. The van der Waals surface area contributed by atoms with E-state index in [4.69, 9.17) is 25.8 Å². The summed E-state index contributed by atoms with van der Waals surface area (Å²) >= 11 is 6.12. The smallest absolute Gasteiger partial charge is 0.287 e. The van der Waals surface area contributed by atoms with Crippen molar-refractivity contribution in [1.82, 2.24) is 10.7 Å². The van der Waals surface area contributed by atoms with E-state index in [2.05, 4.69) is 15.8 Å². The molecule has 0 unspecified atom stereocenters. The third-order valence-electron chi connectivity index (χ3n) is 4.79. The average Bonchev–Trinajstić information content (AvgIpc) is 3.32. The minimum Gasteiger partial charge on any atom is -0.495 e. The number of hydrogen-bond donors (Lipinski definition) is 2. The number of rotatable bonds is 7. The van der Waals surface area contributed by atoms with Crippen molar-refractivity contribution in [3.05, 3.63) is 94.1 Å². The van der Waals surface area contributed by atoms with Crippen LogP contribution in [0.3, 0.4) is 0 Å². The number of fused-ring (bicyclic) bond motifs is 1. The second-order valence-corrected chi connectivity index (χ2v) is 7.49. The number of nitrogens with zero attached hydrogens (tertiary/aromatic N) is 1. The van der Waals surface area contributed by atoms with Crippen LogP contribution in [0.4, 0.5) is 0 Å². The molecule has 3 aromatic rings. The number of halogens is 1. The number of ether oxygens (including phenoxy) is 3. The van der Waals surface area contributed by atoms with E-state index >= 15 is 0 Å². The number of nitrogens with one attached hydrogen (secondary N) is 2. The molecule has 2 amide bonds. The number of carbonyl (C=O) groups excluding carboxylic acids is 2. The fourth-order valence-electron chi connectivity index (χ4n) is 3.10. The lowest BCUT2D eigenvalue weighted by molar-refractivity contribution is -0.117. The minimum atomic E-state index is -0.613. The second-order valence-electron chi connectivity index (χ2n) is 7.08. The van der Waals surface area contributed by atoms with Crippen molar-refractivity contribution in [2.24, 2.45) is 5.10 Å². The van der Waals surface area contributed by atoms with Crippen LogP contribution in [0.1, 0.15) is 21.5 Å². The zero-order valence-electron chi connectivity index (χ0n) is 18.1. The summed E-state index contributed by atoms with van der Waals surface area (Å²) in [5.41, 5.74) is 4.12. The molecule has 1 aliphatic rings. The number of hydrogen-bond acceptors (Lipinski definition) is 6. The summed E-state index contributed by atoms with van der Waals surface area (Å²) in [5.74, 6) is 0.642. The summed E-state index contributed by atoms with van der Waals surface area (Å²) in [6, 6.07) is 18.8. The molecule has 0 aromatic heterocycles. The number of methoxy groups -OCH3 is 1. The first-order chi connectivity index (χ1) is 16.5. The molecule has 9 heteroatoms. The Morgan fingerprint density at radius 1 is 1.00 bits per heavy atom. The van der Waals surface area contributed by atoms with Gasteiger partial charge in [-0.05, 0) is 59.7 Å². The number of hydrazone groups is 1. The molecule has 4 rings (SSSR count). The van der Waals surface area contributed by atoms with Crippen molar-refractivity contribution in [3.8, 4) is 17.2 Å². The van der Waals surface area contributed by atoms with E-state index in [-0.39, 0.29) is 12.5 Å². The number of amides is 2. The van der Waals surface area contributed by atoms with Gasteiger partial charge in [0.05, 0.1) is 18.3 Å². The van der Waals surface area contributed by atoms with Crippen molar-refractivity contribution >= 4 is 35.7 Å². The Bertz CT molecular complexity index is 1270. The van der Waals surface area contributed by atoms with Gasteiger partial charge in [-0.15, -0.1) is 0 Å². The number of carbonyl (C=O) groups is 2. The highest BCUT2D eigenvalue weighted by Gasteiger charge is 2.17. The van der Waals surface area contributed by atoms with Crippen molar-refractivity contribution in [2.75, 3.05) is 13.9 Å². The summed E-state index contributed by atoms with van der Waals surface area (Å²) in [7, 11) is 1.52. The third-order valence-corrected chi connectivity index (χ3v) is 5.09. The Kier molecular flexibility index (Phi) is 7.10. The Morgan fingerprint density at radius 2 is 1.76 bits per heavy atom. The largest absolute Gasteiger partial charge is 0.495 e. The van der Waals surface area contributed by atoms with Crippen LogP contribution < -0.4 is 25.0 Å². The molecule has 0 fully saturated rings. The van der Waals surface area contributed by atoms with Crippen LogP contribution in [0.5, 0.6) is 17.2 Å². The van der Waals surface area contributed by atoms with Gasteiger partial charge in [0.2, 0.25) is 6.79 Å². The maximum Gasteiger partial charge on any atom is 0.287 e. The zero-order chi connectivity index (χ0) is 23.9. The van der Waals surface area contributed by atoms with Gasteiger partial charge in [-0.2, -0.15) is 5.10 Å². The van der Waals surface area contributed by atoms with Crippen molar-refractivity contribution in [3.63, 3.8) is 0 Å². The first-order valence-corrected chi connectivity index (χ1v) is 10.6. The topological polar surface area (TPSA) is 98.2 Å². The van der Waals surface area contributed by atoms with Crippen LogP contribution >= 0.6 is 11.6 Å². The van der Waals surface area contributed by atoms with E-state index in [1.165, 1.54) is 19.4 Å². The molecular formula is C25H20ClN3O5. The van der Waals surface area contributed by atoms with E-state index in [9.17, 15) is 9.59 Å². The lowest BCUT2D eigenvalue weighted by atomic mass is 10.1. The summed E-state index contributed by atoms with van der Waals surface area (Å²) in [6.45, 7) is 0.130. The zero-order valence-corrected chi connectivity index (χ0v) is 18.8. The molecule has 0 radical (unpaired) electrons. The third kappa shape index (κ3) is 5.54. The van der Waals surface area contributed by atoms with Crippen LogP contribution in [-0.2, 0) is 4.79 Å². The maximum absolute atomic E-state index is 12.9. The van der Waals surface area contributed by atoms with Crippen LogP contribution in [0.2, 0.25) is 5.02 Å². The van der Waals surface area contributed by atoms with Gasteiger partial charge in [-0.1, -0.05) is 35.9 Å². The first kappa shape index (κ1) is 22.9. The molecule has 1 heterocycles. The van der Waals surface area contributed by atoms with Gasteiger partial charge in [0.15, 0.2) is 11.5 Å². The summed E-state index contributed by atoms with van der Waals surface area (Å²) < 4.78 is 15.8. The van der Waals surface area contributed by atoms with Gasteiger partial charge in [0.25, 0.3) is 11.8 Å². The van der Waals surface area contributed by atoms with E-state index < -0.39 is 11.8 Å².